The lowest BCUT2D eigenvalue weighted by atomic mass is 10.1. The quantitative estimate of drug-likeness (QED) is 0.00592. The monoisotopic (exact) mass is 1390 g/mol. The minimum absolute atomic E-state index is 0.339. The van der Waals surface area contributed by atoms with Gasteiger partial charge in [0.1, 0.15) is 31.3 Å². The number of rotatable bonds is 67. The molecule has 19 heteroatoms. The number of benzene rings is 4. The average Bonchev–Trinajstić information content (AvgIpc) is 0.827. The smallest absolute Gasteiger partial charge is 0.336 e. The zero-order valence-electron chi connectivity index (χ0n) is 59.3. The molecule has 0 N–H and O–H groups in total. The second-order valence-electron chi connectivity index (χ2n) is 23.1. The largest absolute Gasteiger partial charge is 0.502 e. The highest BCUT2D eigenvalue weighted by molar-refractivity contribution is 5.90. The summed E-state index contributed by atoms with van der Waals surface area (Å²) in [5.74, 6) is 2.60. The molecule has 0 aliphatic carbocycles. The summed E-state index contributed by atoms with van der Waals surface area (Å²) in [5, 5.41) is 0. The molecule has 100 heavy (non-hydrogen) atoms. The molecule has 0 saturated heterocycles. The molecule has 0 aliphatic heterocycles. The second-order valence-corrected chi connectivity index (χ2v) is 23.1. The predicted octanol–water partition coefficient (Wildman–Crippen LogP) is 19.1. The van der Waals surface area contributed by atoms with E-state index in [0.29, 0.717) is 156 Å². The SMILES string of the molecule is C=CCOOCCCCCCOc1ccc(/C=C/C(=O)Oc2ccc(-c3ccc(OC(=O)/C=C/c4ccc(OCCCCCCOC=C)c(OCCCCCCOC=C)c4OCCCCCCOOCC=C)cc3)cc2)c(OCCCCCCOC=C)c1OCCCCCCOOCC=C. The molecule has 0 bridgehead atoms. The number of ether oxygens (including phenoxy) is 11. The molecule has 0 saturated carbocycles. The van der Waals surface area contributed by atoms with Crippen molar-refractivity contribution < 1.29 is 91.0 Å². The predicted molar refractivity (Wildman–Crippen MR) is 393 cm³/mol. The van der Waals surface area contributed by atoms with Gasteiger partial charge in [-0.15, -0.1) is 19.7 Å². The Labute approximate surface area is 595 Å². The number of esters is 2. The van der Waals surface area contributed by atoms with Crippen LogP contribution in [-0.2, 0) is 53.1 Å². The molecule has 0 aliphatic rings. The van der Waals surface area contributed by atoms with Crippen LogP contribution in [0.1, 0.15) is 165 Å². The summed E-state index contributed by atoms with van der Waals surface area (Å²) in [7, 11) is 0. The van der Waals surface area contributed by atoms with Gasteiger partial charge in [0.25, 0.3) is 0 Å². The van der Waals surface area contributed by atoms with Crippen molar-refractivity contribution in [2.75, 3.05) is 99.1 Å². The molecule has 4 aromatic carbocycles. The Morgan fingerprint density at radius 2 is 0.550 bits per heavy atom. The molecule has 19 nitrogen and oxygen atoms in total. The van der Waals surface area contributed by atoms with Crippen LogP contribution in [0.2, 0.25) is 0 Å². The second kappa shape index (κ2) is 58.5. The van der Waals surface area contributed by atoms with E-state index in [-0.39, 0.29) is 0 Å². The van der Waals surface area contributed by atoms with Crippen LogP contribution in [0, 0.1) is 0 Å². The van der Waals surface area contributed by atoms with Crippen molar-refractivity contribution in [2.45, 2.75) is 154 Å². The lowest BCUT2D eigenvalue weighted by Crippen LogP contribution is -2.08. The van der Waals surface area contributed by atoms with E-state index in [2.05, 4.69) is 39.5 Å². The van der Waals surface area contributed by atoms with Gasteiger partial charge in [-0.3, -0.25) is 0 Å². The molecule has 0 amide bonds. The van der Waals surface area contributed by atoms with Crippen LogP contribution in [0.3, 0.4) is 0 Å². The molecule has 0 spiro atoms. The Morgan fingerprint density at radius 3 is 0.840 bits per heavy atom. The molecule has 4 rings (SSSR count). The molecule has 550 valence electrons. The van der Waals surface area contributed by atoms with Gasteiger partial charge in [0.05, 0.1) is 98.1 Å². The Kier molecular flexibility index (Phi) is 49.2. The molecular formula is C81H112O19. The van der Waals surface area contributed by atoms with Gasteiger partial charge in [0.15, 0.2) is 23.0 Å². The summed E-state index contributed by atoms with van der Waals surface area (Å²) in [4.78, 5) is 57.8. The third kappa shape index (κ3) is 39.5. The lowest BCUT2D eigenvalue weighted by Gasteiger charge is -2.19. The van der Waals surface area contributed by atoms with Gasteiger partial charge >= 0.3 is 11.9 Å². The zero-order chi connectivity index (χ0) is 71.2. The minimum Gasteiger partial charge on any atom is -0.502 e. The van der Waals surface area contributed by atoms with Crippen molar-refractivity contribution in [3.63, 3.8) is 0 Å². The van der Waals surface area contributed by atoms with Gasteiger partial charge in [-0.25, -0.2) is 38.9 Å². The summed E-state index contributed by atoms with van der Waals surface area (Å²) in [6.45, 7) is 28.8. The first-order chi connectivity index (χ1) is 49.3. The highest BCUT2D eigenvalue weighted by Crippen LogP contribution is 2.43. The van der Waals surface area contributed by atoms with E-state index >= 15 is 0 Å². The number of hydrogen-bond donors (Lipinski definition) is 0. The first kappa shape index (κ1) is 84.1. The van der Waals surface area contributed by atoms with Gasteiger partial charge in [0.2, 0.25) is 11.5 Å². The van der Waals surface area contributed by atoms with Gasteiger partial charge in [-0.1, -0.05) is 81.5 Å². The van der Waals surface area contributed by atoms with Gasteiger partial charge in [0, 0.05) is 23.3 Å². The number of hydrogen-bond acceptors (Lipinski definition) is 19. The van der Waals surface area contributed by atoms with Crippen LogP contribution in [0.5, 0.6) is 46.0 Å². The number of carbonyl (C=O) groups is 2. The molecule has 0 heterocycles. The lowest BCUT2D eigenvalue weighted by molar-refractivity contribution is -0.286. The van der Waals surface area contributed by atoms with E-state index in [1.165, 1.54) is 30.9 Å². The summed E-state index contributed by atoms with van der Waals surface area (Å²) < 4.78 is 66.4. The molecule has 0 fully saturated rings. The van der Waals surface area contributed by atoms with E-state index in [9.17, 15) is 9.59 Å². The Morgan fingerprint density at radius 1 is 0.280 bits per heavy atom. The maximum Gasteiger partial charge on any atom is 0.336 e. The minimum atomic E-state index is -0.583. The van der Waals surface area contributed by atoms with E-state index in [1.54, 1.807) is 54.6 Å². The molecular weight excluding hydrogens is 1280 g/mol. The molecule has 0 aromatic heterocycles. The van der Waals surface area contributed by atoms with Crippen molar-refractivity contribution >= 4 is 24.1 Å². The van der Waals surface area contributed by atoms with E-state index in [0.717, 1.165) is 165 Å². The van der Waals surface area contributed by atoms with Crippen molar-refractivity contribution in [3.8, 4) is 57.1 Å². The maximum atomic E-state index is 13.5. The van der Waals surface area contributed by atoms with E-state index in [4.69, 9.17) is 81.4 Å². The Balaban J connectivity index is 1.47. The van der Waals surface area contributed by atoms with Gasteiger partial charge in [-0.2, -0.15) is 0 Å². The normalized spacial score (nSPS) is 11.0. The average molecular weight is 1390 g/mol. The molecule has 0 unspecified atom stereocenters. The standard InChI is InChI=1S/C81H112O19/c1-7-53-93-96-65-34-22-19-29-60-88-75-50-42-70(78(89-61-30-17-14-26-57-85-11-5)81(75)92-64-33-21-24-36-67-98-95-55-9-3)43-51-76(82)99-72-45-37-68(38-46-72)69-39-47-73(48-40-69)100-77(83)52-44-71-41-49-74(87-59-28-16-13-25-56-84-10-4)80(91-63-32-18-15-27-58-86-12-6)79(71)90-62-31-20-23-35-66-97-94-54-8-2/h7-12,37-52H,1-6,13-36,53-67H2/b51-43+,52-44+. The van der Waals surface area contributed by atoms with Crippen molar-refractivity contribution in [1.82, 2.24) is 0 Å². The Bertz CT molecular complexity index is 2900. The Hall–Kier alpha value is -8.30. The van der Waals surface area contributed by atoms with E-state index in [1.807, 2.05) is 48.5 Å². The van der Waals surface area contributed by atoms with Crippen LogP contribution in [0.15, 0.2) is 161 Å². The van der Waals surface area contributed by atoms with Crippen molar-refractivity contribution in [2.24, 2.45) is 0 Å². The zero-order valence-corrected chi connectivity index (χ0v) is 59.3. The summed E-state index contributed by atoms with van der Waals surface area (Å²) >= 11 is 0. The summed E-state index contributed by atoms with van der Waals surface area (Å²) in [5.41, 5.74) is 2.97. The third-order valence-corrected chi connectivity index (χ3v) is 15.0. The van der Waals surface area contributed by atoms with Crippen LogP contribution < -0.4 is 37.9 Å². The van der Waals surface area contributed by atoms with Crippen LogP contribution in [0.4, 0.5) is 0 Å². The highest BCUT2D eigenvalue weighted by Gasteiger charge is 2.20. The highest BCUT2D eigenvalue weighted by atomic mass is 17.2. The number of carbonyl (C=O) groups excluding carboxylic acids is 2. The van der Waals surface area contributed by atoms with Gasteiger partial charge < -0.3 is 52.1 Å². The van der Waals surface area contributed by atoms with Crippen LogP contribution >= 0.6 is 0 Å². The first-order valence-corrected chi connectivity index (χ1v) is 35.7. The fraction of sp³-hybridized carbons (Fsp3) is 0.481. The van der Waals surface area contributed by atoms with E-state index < -0.39 is 11.9 Å². The van der Waals surface area contributed by atoms with Crippen LogP contribution in [-0.4, -0.2) is 111 Å². The topological polar surface area (TPSA) is 191 Å². The number of unbranched alkanes of at least 4 members (excludes halogenated alkanes) is 18. The van der Waals surface area contributed by atoms with Crippen molar-refractivity contribution in [1.29, 1.82) is 0 Å². The van der Waals surface area contributed by atoms with Crippen molar-refractivity contribution in [3.05, 3.63) is 173 Å². The molecule has 0 atom stereocenters. The van der Waals surface area contributed by atoms with Gasteiger partial charge in [-0.05, 0) is 207 Å². The summed E-state index contributed by atoms with van der Waals surface area (Å²) in [6, 6.07) is 21.8. The fourth-order valence-electron chi connectivity index (χ4n) is 9.78. The molecule has 4 aromatic rings. The summed E-state index contributed by atoms with van der Waals surface area (Å²) in [6.07, 6.45) is 36.9. The fourth-order valence-corrected chi connectivity index (χ4v) is 9.78. The molecule has 0 radical (unpaired) electrons. The first-order valence-electron chi connectivity index (χ1n) is 35.7. The third-order valence-electron chi connectivity index (χ3n) is 15.0. The maximum absolute atomic E-state index is 13.5. The van der Waals surface area contributed by atoms with Crippen LogP contribution in [0.25, 0.3) is 23.3 Å².